The van der Waals surface area contributed by atoms with Crippen LogP contribution in [0.4, 0.5) is 0 Å². The topological polar surface area (TPSA) is 64.3 Å². The molecule has 1 aromatic rings. The standard InChI is InChI=1S/C15H24N2O2/c1-4-13(5-2)17-15(18)10-19-14-7-6-11(3)8-12(14)9-16/h6-8,13H,4-5,9-10,16H2,1-3H3,(H,17,18). The van der Waals surface area contributed by atoms with E-state index in [1.54, 1.807) is 0 Å². The highest BCUT2D eigenvalue weighted by atomic mass is 16.5. The van der Waals surface area contributed by atoms with E-state index in [9.17, 15) is 4.79 Å². The van der Waals surface area contributed by atoms with Gasteiger partial charge in [0.25, 0.3) is 5.91 Å². The quantitative estimate of drug-likeness (QED) is 0.793. The third-order valence-corrected chi connectivity index (χ3v) is 3.15. The Bertz CT molecular complexity index is 415. The van der Waals surface area contributed by atoms with Gasteiger partial charge in [0.1, 0.15) is 5.75 Å². The number of hydrogen-bond acceptors (Lipinski definition) is 3. The first-order valence-corrected chi connectivity index (χ1v) is 6.82. The number of benzene rings is 1. The second-order valence-electron chi connectivity index (χ2n) is 4.68. The molecular weight excluding hydrogens is 240 g/mol. The maximum atomic E-state index is 11.7. The van der Waals surface area contributed by atoms with Crippen LogP contribution in [0.3, 0.4) is 0 Å². The van der Waals surface area contributed by atoms with Gasteiger partial charge in [-0.1, -0.05) is 31.5 Å². The summed E-state index contributed by atoms with van der Waals surface area (Å²) in [6.07, 6.45) is 1.86. The normalized spacial score (nSPS) is 10.6. The van der Waals surface area contributed by atoms with Gasteiger partial charge in [0.2, 0.25) is 0 Å². The lowest BCUT2D eigenvalue weighted by Crippen LogP contribution is -2.37. The second-order valence-corrected chi connectivity index (χ2v) is 4.68. The second kappa shape index (κ2) is 7.79. The lowest BCUT2D eigenvalue weighted by Gasteiger charge is -2.16. The van der Waals surface area contributed by atoms with Crippen LogP contribution >= 0.6 is 0 Å². The van der Waals surface area contributed by atoms with E-state index in [0.717, 1.165) is 24.0 Å². The van der Waals surface area contributed by atoms with Gasteiger partial charge in [0, 0.05) is 18.2 Å². The van der Waals surface area contributed by atoms with Gasteiger partial charge in [-0.3, -0.25) is 4.79 Å². The van der Waals surface area contributed by atoms with Crippen LogP contribution in [-0.4, -0.2) is 18.6 Å². The van der Waals surface area contributed by atoms with Crippen molar-refractivity contribution < 1.29 is 9.53 Å². The highest BCUT2D eigenvalue weighted by Crippen LogP contribution is 2.19. The Morgan fingerprint density at radius 3 is 2.63 bits per heavy atom. The van der Waals surface area contributed by atoms with E-state index in [4.69, 9.17) is 10.5 Å². The third-order valence-electron chi connectivity index (χ3n) is 3.15. The Morgan fingerprint density at radius 2 is 2.05 bits per heavy atom. The van der Waals surface area contributed by atoms with Crippen molar-refractivity contribution >= 4 is 5.91 Å². The molecule has 1 aromatic carbocycles. The van der Waals surface area contributed by atoms with Crippen LogP contribution < -0.4 is 15.8 Å². The lowest BCUT2D eigenvalue weighted by molar-refractivity contribution is -0.123. The molecule has 0 saturated heterocycles. The molecule has 0 unspecified atom stereocenters. The summed E-state index contributed by atoms with van der Waals surface area (Å²) in [7, 11) is 0. The fourth-order valence-corrected chi connectivity index (χ4v) is 1.91. The zero-order valence-electron chi connectivity index (χ0n) is 12.0. The van der Waals surface area contributed by atoms with E-state index < -0.39 is 0 Å². The predicted octanol–water partition coefficient (Wildman–Crippen LogP) is 2.14. The van der Waals surface area contributed by atoms with E-state index >= 15 is 0 Å². The van der Waals surface area contributed by atoms with Gasteiger partial charge in [-0.05, 0) is 25.8 Å². The molecular formula is C15H24N2O2. The minimum Gasteiger partial charge on any atom is -0.483 e. The SMILES string of the molecule is CCC(CC)NC(=O)COc1ccc(C)cc1CN. The molecule has 0 radical (unpaired) electrons. The highest BCUT2D eigenvalue weighted by molar-refractivity contribution is 5.77. The molecule has 0 heterocycles. The summed E-state index contributed by atoms with van der Waals surface area (Å²) in [6.45, 7) is 6.56. The molecule has 0 aliphatic carbocycles. The van der Waals surface area contributed by atoms with E-state index in [1.807, 2.05) is 25.1 Å². The lowest BCUT2D eigenvalue weighted by atomic mass is 10.1. The van der Waals surface area contributed by atoms with Crippen LogP contribution in [0.5, 0.6) is 5.75 Å². The smallest absolute Gasteiger partial charge is 0.258 e. The Balaban J connectivity index is 2.54. The molecule has 0 aliphatic rings. The maximum absolute atomic E-state index is 11.7. The monoisotopic (exact) mass is 264 g/mol. The molecule has 4 heteroatoms. The maximum Gasteiger partial charge on any atom is 0.258 e. The summed E-state index contributed by atoms with van der Waals surface area (Å²) in [5, 5.41) is 2.94. The Kier molecular flexibility index (Phi) is 6.36. The largest absolute Gasteiger partial charge is 0.483 e. The summed E-state index contributed by atoms with van der Waals surface area (Å²) in [5.74, 6) is 0.602. The number of ether oxygens (including phenoxy) is 1. The van der Waals surface area contributed by atoms with Crippen molar-refractivity contribution in [3.63, 3.8) is 0 Å². The number of aryl methyl sites for hydroxylation is 1. The number of nitrogens with two attached hydrogens (primary N) is 1. The number of carbonyl (C=O) groups is 1. The van der Waals surface area contributed by atoms with Crippen molar-refractivity contribution in [3.8, 4) is 5.75 Å². The first-order chi connectivity index (χ1) is 9.10. The first kappa shape index (κ1) is 15.5. The van der Waals surface area contributed by atoms with Crippen LogP contribution in [0.1, 0.15) is 37.8 Å². The summed E-state index contributed by atoms with van der Waals surface area (Å²) in [4.78, 5) is 11.7. The molecule has 0 saturated carbocycles. The number of nitrogens with one attached hydrogen (secondary N) is 1. The Morgan fingerprint density at radius 1 is 1.37 bits per heavy atom. The fraction of sp³-hybridized carbons (Fsp3) is 0.533. The van der Waals surface area contributed by atoms with E-state index in [2.05, 4.69) is 19.2 Å². The minimum atomic E-state index is -0.0859. The van der Waals surface area contributed by atoms with E-state index in [0.29, 0.717) is 12.3 Å². The molecule has 3 N–H and O–H groups in total. The molecule has 0 bridgehead atoms. The molecule has 106 valence electrons. The van der Waals surface area contributed by atoms with Gasteiger partial charge in [-0.15, -0.1) is 0 Å². The van der Waals surface area contributed by atoms with Crippen molar-refractivity contribution in [3.05, 3.63) is 29.3 Å². The molecule has 0 aliphatic heterocycles. The van der Waals surface area contributed by atoms with E-state index in [1.165, 1.54) is 0 Å². The third kappa shape index (κ3) is 4.91. The van der Waals surface area contributed by atoms with Gasteiger partial charge in [0.05, 0.1) is 0 Å². The van der Waals surface area contributed by atoms with Crippen LogP contribution in [-0.2, 0) is 11.3 Å². The van der Waals surface area contributed by atoms with Crippen molar-refractivity contribution in [1.29, 1.82) is 0 Å². The van der Waals surface area contributed by atoms with Gasteiger partial charge < -0.3 is 15.8 Å². The molecule has 0 aromatic heterocycles. The van der Waals surface area contributed by atoms with Gasteiger partial charge in [-0.25, -0.2) is 0 Å². The van der Waals surface area contributed by atoms with Gasteiger partial charge >= 0.3 is 0 Å². The molecule has 0 fully saturated rings. The van der Waals surface area contributed by atoms with Crippen LogP contribution in [0, 0.1) is 6.92 Å². The summed E-state index contributed by atoms with van der Waals surface area (Å²) in [6, 6.07) is 6.02. The van der Waals surface area contributed by atoms with Crippen LogP contribution in [0.15, 0.2) is 18.2 Å². The minimum absolute atomic E-state index is 0.0343. The van der Waals surface area contributed by atoms with Crippen molar-refractivity contribution in [2.75, 3.05) is 6.61 Å². The molecule has 1 amide bonds. The number of carbonyl (C=O) groups excluding carboxylic acids is 1. The molecule has 0 spiro atoms. The van der Waals surface area contributed by atoms with Crippen LogP contribution in [0.25, 0.3) is 0 Å². The fourth-order valence-electron chi connectivity index (χ4n) is 1.91. The number of rotatable bonds is 7. The zero-order chi connectivity index (χ0) is 14.3. The molecule has 1 rings (SSSR count). The summed E-state index contributed by atoms with van der Waals surface area (Å²) < 4.78 is 5.54. The van der Waals surface area contributed by atoms with Gasteiger partial charge in [0.15, 0.2) is 6.61 Å². The predicted molar refractivity (Wildman–Crippen MR) is 77.1 cm³/mol. The highest BCUT2D eigenvalue weighted by Gasteiger charge is 2.10. The summed E-state index contributed by atoms with van der Waals surface area (Å²) in [5.41, 5.74) is 7.73. The Hall–Kier alpha value is -1.55. The van der Waals surface area contributed by atoms with Gasteiger partial charge in [-0.2, -0.15) is 0 Å². The van der Waals surface area contributed by atoms with Crippen molar-refractivity contribution in [2.45, 2.75) is 46.2 Å². The summed E-state index contributed by atoms with van der Waals surface area (Å²) >= 11 is 0. The first-order valence-electron chi connectivity index (χ1n) is 6.82. The average Bonchev–Trinajstić information content (AvgIpc) is 2.43. The van der Waals surface area contributed by atoms with Crippen molar-refractivity contribution in [2.24, 2.45) is 5.73 Å². The zero-order valence-corrected chi connectivity index (χ0v) is 12.0. The van der Waals surface area contributed by atoms with E-state index in [-0.39, 0.29) is 18.6 Å². The molecule has 19 heavy (non-hydrogen) atoms. The van der Waals surface area contributed by atoms with Crippen molar-refractivity contribution in [1.82, 2.24) is 5.32 Å². The number of hydrogen-bond donors (Lipinski definition) is 2. The molecule has 4 nitrogen and oxygen atoms in total. The Labute approximate surface area is 115 Å². The molecule has 0 atom stereocenters. The average molecular weight is 264 g/mol. The van der Waals surface area contributed by atoms with Crippen LogP contribution in [0.2, 0.25) is 0 Å². The number of amides is 1.